The van der Waals surface area contributed by atoms with Gasteiger partial charge in [0.1, 0.15) is 0 Å². The standard InChI is InChI=1S/C8H16N2O2/c1-3-10(2)7-6-9-5-4-8(11)12/h4-5,9H,3,6-7H2,1-2H3,(H,11,12)/b5-4+. The van der Waals surface area contributed by atoms with Gasteiger partial charge in [0.25, 0.3) is 0 Å². The van der Waals surface area contributed by atoms with Crippen LogP contribution in [0.1, 0.15) is 6.92 Å². The number of nitrogens with one attached hydrogen (secondary N) is 1. The van der Waals surface area contributed by atoms with Crippen LogP contribution in [-0.2, 0) is 4.79 Å². The molecule has 0 rings (SSSR count). The van der Waals surface area contributed by atoms with Gasteiger partial charge in [0.05, 0.1) is 0 Å². The summed E-state index contributed by atoms with van der Waals surface area (Å²) in [6, 6.07) is 0. The van der Waals surface area contributed by atoms with Crippen LogP contribution in [0, 0.1) is 0 Å². The highest BCUT2D eigenvalue weighted by Crippen LogP contribution is 1.77. The number of rotatable bonds is 6. The van der Waals surface area contributed by atoms with Gasteiger partial charge in [0.2, 0.25) is 0 Å². The fourth-order valence-corrected chi connectivity index (χ4v) is 0.627. The number of nitrogens with zero attached hydrogens (tertiary/aromatic N) is 1. The van der Waals surface area contributed by atoms with Crippen molar-refractivity contribution in [2.75, 3.05) is 26.7 Å². The minimum absolute atomic E-state index is 0.772. The first kappa shape index (κ1) is 11.0. The number of aliphatic carboxylic acids is 1. The molecule has 0 spiro atoms. The van der Waals surface area contributed by atoms with Crippen molar-refractivity contribution in [3.8, 4) is 0 Å². The Labute approximate surface area is 72.9 Å². The third kappa shape index (κ3) is 7.08. The zero-order valence-electron chi connectivity index (χ0n) is 7.58. The molecule has 0 saturated carbocycles. The minimum Gasteiger partial charge on any atom is -0.478 e. The molecular weight excluding hydrogens is 156 g/mol. The summed E-state index contributed by atoms with van der Waals surface area (Å²) in [7, 11) is 2.02. The summed E-state index contributed by atoms with van der Waals surface area (Å²) in [5.74, 6) is -0.925. The Hall–Kier alpha value is -1.03. The predicted molar refractivity (Wildman–Crippen MR) is 47.9 cm³/mol. The van der Waals surface area contributed by atoms with Crippen LogP contribution in [0.25, 0.3) is 0 Å². The molecule has 0 amide bonds. The lowest BCUT2D eigenvalue weighted by molar-refractivity contribution is -0.131. The number of likely N-dealkylation sites (N-methyl/N-ethyl adjacent to an activating group) is 1. The van der Waals surface area contributed by atoms with Crippen molar-refractivity contribution in [2.24, 2.45) is 0 Å². The molecule has 2 N–H and O–H groups in total. The molecule has 0 radical (unpaired) electrons. The van der Waals surface area contributed by atoms with Crippen LogP contribution in [0.4, 0.5) is 0 Å². The molecule has 0 fully saturated rings. The largest absolute Gasteiger partial charge is 0.478 e. The van der Waals surface area contributed by atoms with Crippen LogP contribution < -0.4 is 5.32 Å². The van der Waals surface area contributed by atoms with E-state index in [0.29, 0.717) is 0 Å². The van der Waals surface area contributed by atoms with Crippen molar-refractivity contribution in [3.63, 3.8) is 0 Å². The molecule has 0 aromatic rings. The summed E-state index contributed by atoms with van der Waals surface area (Å²) in [4.78, 5) is 12.2. The molecule has 0 bridgehead atoms. The number of carbonyl (C=O) groups is 1. The van der Waals surface area contributed by atoms with Crippen LogP contribution in [0.3, 0.4) is 0 Å². The minimum atomic E-state index is -0.925. The van der Waals surface area contributed by atoms with E-state index in [1.54, 1.807) is 0 Å². The van der Waals surface area contributed by atoms with E-state index >= 15 is 0 Å². The summed E-state index contributed by atoms with van der Waals surface area (Å²) in [6.07, 6.45) is 2.54. The van der Waals surface area contributed by atoms with Crippen LogP contribution in [0.15, 0.2) is 12.3 Å². The first-order chi connectivity index (χ1) is 5.66. The van der Waals surface area contributed by atoms with Gasteiger partial charge in [-0.3, -0.25) is 0 Å². The highest BCUT2D eigenvalue weighted by atomic mass is 16.4. The Bertz CT molecular complexity index is 157. The molecule has 0 atom stereocenters. The summed E-state index contributed by atoms with van der Waals surface area (Å²) in [5.41, 5.74) is 0. The van der Waals surface area contributed by atoms with Gasteiger partial charge in [-0.1, -0.05) is 6.92 Å². The maximum absolute atomic E-state index is 10.0. The Kier molecular flexibility index (Phi) is 6.09. The molecule has 0 unspecified atom stereocenters. The number of hydrogen-bond acceptors (Lipinski definition) is 3. The maximum Gasteiger partial charge on any atom is 0.329 e. The second-order valence-electron chi connectivity index (χ2n) is 2.52. The second-order valence-corrected chi connectivity index (χ2v) is 2.52. The highest BCUT2D eigenvalue weighted by Gasteiger charge is 1.90. The van der Waals surface area contributed by atoms with Crippen molar-refractivity contribution in [2.45, 2.75) is 6.92 Å². The van der Waals surface area contributed by atoms with Crippen LogP contribution in [0.2, 0.25) is 0 Å². The molecule has 70 valence electrons. The van der Waals surface area contributed by atoms with Gasteiger partial charge in [-0.05, 0) is 13.6 Å². The third-order valence-electron chi connectivity index (χ3n) is 1.52. The van der Waals surface area contributed by atoms with Gasteiger partial charge in [-0.15, -0.1) is 0 Å². The maximum atomic E-state index is 10.0. The Morgan fingerprint density at radius 3 is 2.83 bits per heavy atom. The number of hydrogen-bond donors (Lipinski definition) is 2. The number of carboxylic acid groups (broad SMARTS) is 1. The van der Waals surface area contributed by atoms with Gasteiger partial charge in [0, 0.05) is 25.4 Å². The van der Waals surface area contributed by atoms with Gasteiger partial charge >= 0.3 is 5.97 Å². The van der Waals surface area contributed by atoms with E-state index in [4.69, 9.17) is 5.11 Å². The SMILES string of the molecule is CCN(C)CCN/C=C/C(=O)O. The zero-order valence-corrected chi connectivity index (χ0v) is 7.58. The fraction of sp³-hybridized carbons (Fsp3) is 0.625. The molecular formula is C8H16N2O2. The first-order valence-electron chi connectivity index (χ1n) is 3.98. The van der Waals surface area contributed by atoms with E-state index in [9.17, 15) is 4.79 Å². The molecule has 0 aromatic heterocycles. The smallest absolute Gasteiger partial charge is 0.329 e. The van der Waals surface area contributed by atoms with E-state index in [-0.39, 0.29) is 0 Å². The van der Waals surface area contributed by atoms with Crippen molar-refractivity contribution in [1.29, 1.82) is 0 Å². The quantitative estimate of drug-likeness (QED) is 0.441. The lowest BCUT2D eigenvalue weighted by atomic mass is 10.5. The molecule has 0 aliphatic carbocycles. The van der Waals surface area contributed by atoms with Crippen molar-refractivity contribution in [3.05, 3.63) is 12.3 Å². The van der Waals surface area contributed by atoms with E-state index in [1.165, 1.54) is 6.20 Å². The average Bonchev–Trinajstić information content (AvgIpc) is 2.03. The molecule has 0 heterocycles. The topological polar surface area (TPSA) is 52.6 Å². The van der Waals surface area contributed by atoms with Crippen LogP contribution >= 0.6 is 0 Å². The number of carboxylic acids is 1. The fourth-order valence-electron chi connectivity index (χ4n) is 0.627. The third-order valence-corrected chi connectivity index (χ3v) is 1.52. The van der Waals surface area contributed by atoms with Crippen LogP contribution in [-0.4, -0.2) is 42.7 Å². The van der Waals surface area contributed by atoms with Crippen LogP contribution in [0.5, 0.6) is 0 Å². The normalized spacial score (nSPS) is 10.9. The van der Waals surface area contributed by atoms with Gasteiger partial charge in [-0.2, -0.15) is 0 Å². The monoisotopic (exact) mass is 172 g/mol. The van der Waals surface area contributed by atoms with Crippen molar-refractivity contribution >= 4 is 5.97 Å². The Morgan fingerprint density at radius 2 is 2.33 bits per heavy atom. The average molecular weight is 172 g/mol. The lowest BCUT2D eigenvalue weighted by Crippen LogP contribution is -2.26. The molecule has 0 aliphatic rings. The Balaban J connectivity index is 3.26. The van der Waals surface area contributed by atoms with Gasteiger partial charge in [-0.25, -0.2) is 4.79 Å². The molecule has 0 aliphatic heterocycles. The van der Waals surface area contributed by atoms with Gasteiger partial charge < -0.3 is 15.3 Å². The predicted octanol–water partition coefficient (Wildman–Crippen LogP) is 0.126. The van der Waals surface area contributed by atoms with E-state index in [2.05, 4.69) is 17.1 Å². The summed E-state index contributed by atoms with van der Waals surface area (Å²) < 4.78 is 0. The molecule has 0 saturated heterocycles. The van der Waals surface area contributed by atoms with E-state index in [0.717, 1.165) is 25.7 Å². The molecule has 12 heavy (non-hydrogen) atoms. The van der Waals surface area contributed by atoms with Crippen molar-refractivity contribution < 1.29 is 9.90 Å². The van der Waals surface area contributed by atoms with E-state index < -0.39 is 5.97 Å². The zero-order chi connectivity index (χ0) is 9.40. The van der Waals surface area contributed by atoms with Gasteiger partial charge in [0.15, 0.2) is 0 Å². The first-order valence-corrected chi connectivity index (χ1v) is 3.98. The van der Waals surface area contributed by atoms with E-state index in [1.807, 2.05) is 7.05 Å². The molecule has 4 heteroatoms. The summed E-state index contributed by atoms with van der Waals surface area (Å²) >= 11 is 0. The Morgan fingerprint density at radius 1 is 1.67 bits per heavy atom. The molecule has 0 aromatic carbocycles. The molecule has 4 nitrogen and oxygen atoms in total. The lowest BCUT2D eigenvalue weighted by Gasteiger charge is -2.12. The second kappa shape index (κ2) is 6.67. The summed E-state index contributed by atoms with van der Waals surface area (Å²) in [6.45, 7) is 4.77. The van der Waals surface area contributed by atoms with Crippen molar-refractivity contribution in [1.82, 2.24) is 10.2 Å². The highest BCUT2D eigenvalue weighted by molar-refractivity contribution is 5.79. The summed E-state index contributed by atoms with van der Waals surface area (Å²) in [5, 5.41) is 11.1.